The topological polar surface area (TPSA) is 45.2 Å². The van der Waals surface area contributed by atoms with E-state index >= 15 is 0 Å². The van der Waals surface area contributed by atoms with Crippen LogP contribution >= 0.6 is 0 Å². The Kier molecular flexibility index (Phi) is 4.49. The number of hydrogen-bond acceptors (Lipinski definition) is 3. The summed E-state index contributed by atoms with van der Waals surface area (Å²) in [4.78, 5) is 18.9. The van der Waals surface area contributed by atoms with Crippen molar-refractivity contribution in [2.45, 2.75) is 37.9 Å². The van der Waals surface area contributed by atoms with E-state index in [1.54, 1.807) is 18.3 Å². The van der Waals surface area contributed by atoms with Crippen LogP contribution in [0.1, 0.15) is 24.0 Å². The molecule has 2 fully saturated rings. The lowest BCUT2D eigenvalue weighted by Gasteiger charge is -2.32. The largest absolute Gasteiger partial charge is 0.353 e. The van der Waals surface area contributed by atoms with Gasteiger partial charge in [0.1, 0.15) is 5.82 Å². The molecule has 25 heavy (non-hydrogen) atoms. The lowest BCUT2D eigenvalue weighted by atomic mass is 10.0. The van der Waals surface area contributed by atoms with E-state index in [9.17, 15) is 9.18 Å². The van der Waals surface area contributed by atoms with Gasteiger partial charge in [0, 0.05) is 37.6 Å². The van der Waals surface area contributed by atoms with E-state index in [-0.39, 0.29) is 24.2 Å². The zero-order valence-corrected chi connectivity index (χ0v) is 14.1. The van der Waals surface area contributed by atoms with Gasteiger partial charge in [0.2, 0.25) is 5.91 Å². The number of halogens is 1. The highest BCUT2D eigenvalue weighted by molar-refractivity contribution is 5.79. The monoisotopic (exact) mass is 339 g/mol. The number of nitrogens with one attached hydrogen (secondary N) is 1. The number of likely N-dealkylation sites (tertiary alicyclic amines) is 1. The van der Waals surface area contributed by atoms with Crippen LogP contribution in [-0.4, -0.2) is 34.4 Å². The van der Waals surface area contributed by atoms with Crippen LogP contribution in [0.4, 0.5) is 4.39 Å². The van der Waals surface area contributed by atoms with Crippen molar-refractivity contribution in [3.05, 3.63) is 65.7 Å². The van der Waals surface area contributed by atoms with Crippen molar-refractivity contribution in [2.75, 3.05) is 6.54 Å². The number of carbonyl (C=O) groups excluding carboxylic acids is 1. The predicted octanol–water partition coefficient (Wildman–Crippen LogP) is 2.54. The number of hydrogen-bond donors (Lipinski definition) is 1. The first-order chi connectivity index (χ1) is 12.2. The molecule has 130 valence electrons. The van der Waals surface area contributed by atoms with Gasteiger partial charge in [-0.3, -0.25) is 14.7 Å². The highest BCUT2D eigenvalue weighted by Crippen LogP contribution is 2.38. The molecule has 5 heteroatoms. The minimum Gasteiger partial charge on any atom is -0.353 e. The fraction of sp³-hybridized carbons (Fsp3) is 0.400. The van der Waals surface area contributed by atoms with Crippen LogP contribution in [0.3, 0.4) is 0 Å². The second kappa shape index (κ2) is 6.92. The molecule has 1 N–H and O–H groups in total. The zero-order valence-electron chi connectivity index (χ0n) is 14.1. The van der Waals surface area contributed by atoms with Crippen molar-refractivity contribution >= 4 is 5.91 Å². The van der Waals surface area contributed by atoms with Crippen molar-refractivity contribution in [3.63, 3.8) is 0 Å². The Morgan fingerprint density at radius 3 is 2.84 bits per heavy atom. The molecule has 1 aromatic carbocycles. The normalized spacial score (nSPS) is 25.2. The number of rotatable bonds is 5. The summed E-state index contributed by atoms with van der Waals surface area (Å²) in [6.07, 6.45) is 6.10. The smallest absolute Gasteiger partial charge is 0.224 e. The van der Waals surface area contributed by atoms with Gasteiger partial charge in [0.25, 0.3) is 0 Å². The molecule has 1 aliphatic carbocycles. The number of amides is 1. The summed E-state index contributed by atoms with van der Waals surface area (Å²) < 4.78 is 13.2. The summed E-state index contributed by atoms with van der Waals surface area (Å²) in [5, 5.41) is 3.16. The van der Waals surface area contributed by atoms with E-state index in [4.69, 9.17) is 0 Å². The maximum absolute atomic E-state index is 13.2. The average molecular weight is 339 g/mol. The van der Waals surface area contributed by atoms with Crippen LogP contribution in [0.2, 0.25) is 0 Å². The standard InChI is InChI=1S/C20H22FN3O/c21-17-5-1-3-14(7-17)8-20(25)23-19-10-18-9-16(19)13-24(18)12-15-4-2-6-22-11-15/h1-7,11,16,18-19H,8-10,12-13H2,(H,23,25)/t16-,18+,19-/m0/s1. The molecule has 2 aliphatic rings. The van der Waals surface area contributed by atoms with E-state index in [0.29, 0.717) is 12.0 Å². The fourth-order valence-corrected chi connectivity index (χ4v) is 4.23. The quantitative estimate of drug-likeness (QED) is 0.910. The molecule has 0 spiro atoms. The van der Waals surface area contributed by atoms with E-state index < -0.39 is 0 Å². The van der Waals surface area contributed by atoms with Crippen LogP contribution in [0.25, 0.3) is 0 Å². The molecule has 0 radical (unpaired) electrons. The SMILES string of the molecule is O=C(Cc1cccc(F)c1)N[C@H]1C[C@H]2C[C@H]1CN2Cc1cccnc1. The minimum absolute atomic E-state index is 0.0121. The van der Waals surface area contributed by atoms with Crippen LogP contribution in [0.5, 0.6) is 0 Å². The first kappa shape index (κ1) is 16.2. The predicted molar refractivity (Wildman–Crippen MR) is 93.2 cm³/mol. The highest BCUT2D eigenvalue weighted by atomic mass is 19.1. The molecule has 2 bridgehead atoms. The van der Waals surface area contributed by atoms with Crippen LogP contribution in [0, 0.1) is 11.7 Å². The maximum atomic E-state index is 13.2. The van der Waals surface area contributed by atoms with Crippen molar-refractivity contribution in [3.8, 4) is 0 Å². The van der Waals surface area contributed by atoms with Gasteiger partial charge in [0.15, 0.2) is 0 Å². The molecule has 3 atom stereocenters. The van der Waals surface area contributed by atoms with Crippen molar-refractivity contribution < 1.29 is 9.18 Å². The molecule has 4 rings (SSSR count). The molecule has 2 heterocycles. The summed E-state index contributed by atoms with van der Waals surface area (Å²) in [7, 11) is 0. The molecule has 1 saturated carbocycles. The lowest BCUT2D eigenvalue weighted by molar-refractivity contribution is -0.121. The number of benzene rings is 1. The third kappa shape index (κ3) is 3.71. The summed E-state index contributed by atoms with van der Waals surface area (Å²) in [6, 6.07) is 11.1. The van der Waals surface area contributed by atoms with Crippen LogP contribution < -0.4 is 5.32 Å². The molecule has 0 unspecified atom stereocenters. The fourth-order valence-electron chi connectivity index (χ4n) is 4.23. The molecule has 2 aromatic rings. The maximum Gasteiger partial charge on any atom is 0.224 e. The zero-order chi connectivity index (χ0) is 17.2. The van der Waals surface area contributed by atoms with Gasteiger partial charge in [0.05, 0.1) is 6.42 Å². The van der Waals surface area contributed by atoms with E-state index in [2.05, 4.69) is 21.3 Å². The Morgan fingerprint density at radius 1 is 1.24 bits per heavy atom. The molecule has 1 saturated heterocycles. The third-order valence-electron chi connectivity index (χ3n) is 5.36. The Balaban J connectivity index is 1.30. The van der Waals surface area contributed by atoms with Gasteiger partial charge in [-0.15, -0.1) is 0 Å². The van der Waals surface area contributed by atoms with Gasteiger partial charge in [-0.2, -0.15) is 0 Å². The van der Waals surface area contributed by atoms with Gasteiger partial charge in [-0.25, -0.2) is 4.39 Å². The average Bonchev–Trinajstić information content (AvgIpc) is 3.15. The second-order valence-electron chi connectivity index (χ2n) is 7.16. The van der Waals surface area contributed by atoms with Gasteiger partial charge in [-0.1, -0.05) is 18.2 Å². The summed E-state index contributed by atoms with van der Waals surface area (Å²) in [6.45, 7) is 1.95. The Labute approximate surface area is 147 Å². The number of fused-ring (bicyclic) bond motifs is 2. The first-order valence-corrected chi connectivity index (χ1v) is 8.84. The Morgan fingerprint density at radius 2 is 2.12 bits per heavy atom. The molecular weight excluding hydrogens is 317 g/mol. The van der Waals surface area contributed by atoms with Crippen molar-refractivity contribution in [1.29, 1.82) is 0 Å². The first-order valence-electron chi connectivity index (χ1n) is 8.84. The summed E-state index contributed by atoms with van der Waals surface area (Å²) >= 11 is 0. The van der Waals surface area contributed by atoms with Crippen molar-refractivity contribution in [1.82, 2.24) is 15.2 Å². The Bertz CT molecular complexity index is 752. The Hall–Kier alpha value is -2.27. The molecule has 4 nitrogen and oxygen atoms in total. The number of aromatic nitrogens is 1. The number of piperidine rings is 1. The van der Waals surface area contributed by atoms with Crippen LogP contribution in [-0.2, 0) is 17.8 Å². The second-order valence-corrected chi connectivity index (χ2v) is 7.16. The minimum atomic E-state index is -0.295. The number of pyridine rings is 1. The number of nitrogens with zero attached hydrogens (tertiary/aromatic N) is 2. The lowest BCUT2D eigenvalue weighted by Crippen LogP contribution is -2.46. The van der Waals surface area contributed by atoms with Gasteiger partial charge in [-0.05, 0) is 48.1 Å². The van der Waals surface area contributed by atoms with E-state index in [0.717, 1.165) is 31.5 Å². The van der Waals surface area contributed by atoms with E-state index in [1.807, 2.05) is 12.3 Å². The van der Waals surface area contributed by atoms with Crippen LogP contribution in [0.15, 0.2) is 48.8 Å². The van der Waals surface area contributed by atoms with Gasteiger partial charge < -0.3 is 5.32 Å². The molecule has 1 aromatic heterocycles. The van der Waals surface area contributed by atoms with Gasteiger partial charge >= 0.3 is 0 Å². The molecular formula is C20H22FN3O. The van der Waals surface area contributed by atoms with Crippen molar-refractivity contribution in [2.24, 2.45) is 5.92 Å². The summed E-state index contributed by atoms with van der Waals surface area (Å²) in [5.74, 6) is 0.205. The molecule has 1 amide bonds. The number of carbonyl (C=O) groups is 1. The van der Waals surface area contributed by atoms with E-state index in [1.165, 1.54) is 17.7 Å². The third-order valence-corrected chi connectivity index (χ3v) is 5.36. The highest BCUT2D eigenvalue weighted by Gasteiger charge is 2.44. The summed E-state index contributed by atoms with van der Waals surface area (Å²) in [5.41, 5.74) is 1.96. The molecule has 1 aliphatic heterocycles.